The highest BCUT2D eigenvalue weighted by atomic mass is 32.2. The van der Waals surface area contributed by atoms with Gasteiger partial charge in [0.1, 0.15) is 0 Å². The molecule has 0 radical (unpaired) electrons. The zero-order chi connectivity index (χ0) is 15.5. The fourth-order valence-corrected chi connectivity index (χ4v) is 8.08. The van der Waals surface area contributed by atoms with E-state index in [2.05, 4.69) is 23.5 Å². The molecule has 0 spiro atoms. The number of hydrogen-bond acceptors (Lipinski definition) is 4. The number of nitrogens with two attached hydrogens (primary N) is 2. The van der Waals surface area contributed by atoms with Gasteiger partial charge in [-0.2, -0.15) is 23.5 Å². The Morgan fingerprint density at radius 1 is 0.727 bits per heavy atom. The third-order valence-electron chi connectivity index (χ3n) is 6.38. The molecule has 4 fully saturated rings. The van der Waals surface area contributed by atoms with Gasteiger partial charge in [0.25, 0.3) is 0 Å². The van der Waals surface area contributed by atoms with Crippen LogP contribution in [0.25, 0.3) is 0 Å². The molecule has 128 valence electrons. The van der Waals surface area contributed by atoms with Crippen molar-refractivity contribution < 1.29 is 0 Å². The van der Waals surface area contributed by atoms with Gasteiger partial charge in [-0.25, -0.2) is 0 Å². The van der Waals surface area contributed by atoms with E-state index in [9.17, 15) is 0 Å². The SMILES string of the molecule is NCCSCCC12CC3CC(C1)CC(CCSCCN)(C3)C2. The summed E-state index contributed by atoms with van der Waals surface area (Å²) in [6.45, 7) is 1.68. The van der Waals surface area contributed by atoms with Crippen molar-refractivity contribution in [1.82, 2.24) is 0 Å². The Labute approximate surface area is 145 Å². The normalized spacial score (nSPS) is 39.5. The Kier molecular flexibility index (Phi) is 6.08. The third kappa shape index (κ3) is 3.99. The molecule has 0 amide bonds. The Morgan fingerprint density at radius 3 is 1.59 bits per heavy atom. The van der Waals surface area contributed by atoms with E-state index in [4.69, 9.17) is 11.5 Å². The van der Waals surface area contributed by atoms with Gasteiger partial charge in [-0.15, -0.1) is 0 Å². The van der Waals surface area contributed by atoms with Crippen LogP contribution in [0, 0.1) is 22.7 Å². The summed E-state index contributed by atoms with van der Waals surface area (Å²) in [6, 6.07) is 0. The first kappa shape index (κ1) is 17.4. The van der Waals surface area contributed by atoms with Crippen LogP contribution < -0.4 is 11.5 Å². The lowest BCUT2D eigenvalue weighted by Gasteiger charge is -2.63. The minimum Gasteiger partial charge on any atom is -0.330 e. The summed E-state index contributed by atoms with van der Waals surface area (Å²) in [5.41, 5.74) is 12.7. The molecule has 22 heavy (non-hydrogen) atoms. The summed E-state index contributed by atoms with van der Waals surface area (Å²) in [5.74, 6) is 7.08. The van der Waals surface area contributed by atoms with Gasteiger partial charge in [0.05, 0.1) is 0 Å². The Balaban J connectivity index is 1.57. The van der Waals surface area contributed by atoms with Gasteiger partial charge < -0.3 is 11.5 Å². The average Bonchev–Trinajstić information content (AvgIpc) is 2.47. The zero-order valence-corrected chi connectivity index (χ0v) is 15.7. The van der Waals surface area contributed by atoms with E-state index >= 15 is 0 Å². The fraction of sp³-hybridized carbons (Fsp3) is 1.00. The van der Waals surface area contributed by atoms with E-state index in [1.807, 2.05) is 0 Å². The Hall–Kier alpha value is 0.620. The Morgan fingerprint density at radius 2 is 1.18 bits per heavy atom. The quantitative estimate of drug-likeness (QED) is 0.594. The summed E-state index contributed by atoms with van der Waals surface area (Å²) in [7, 11) is 0. The zero-order valence-electron chi connectivity index (χ0n) is 14.0. The van der Waals surface area contributed by atoms with E-state index < -0.39 is 0 Å². The maximum absolute atomic E-state index is 5.64. The van der Waals surface area contributed by atoms with Crippen LogP contribution in [0.4, 0.5) is 0 Å². The van der Waals surface area contributed by atoms with E-state index in [1.54, 1.807) is 38.5 Å². The largest absolute Gasteiger partial charge is 0.330 e. The van der Waals surface area contributed by atoms with Gasteiger partial charge in [0.2, 0.25) is 0 Å². The fourth-order valence-electron chi connectivity index (χ4n) is 6.18. The molecular formula is C18H34N2S2. The lowest BCUT2D eigenvalue weighted by molar-refractivity contribution is -0.112. The molecule has 4 saturated carbocycles. The minimum absolute atomic E-state index is 0.713. The first-order chi connectivity index (χ1) is 10.7. The summed E-state index contributed by atoms with van der Waals surface area (Å²) < 4.78 is 0. The molecule has 0 unspecified atom stereocenters. The van der Waals surface area contributed by atoms with E-state index in [1.165, 1.54) is 24.3 Å². The van der Waals surface area contributed by atoms with Gasteiger partial charge in [-0.3, -0.25) is 0 Å². The van der Waals surface area contributed by atoms with Crippen molar-refractivity contribution in [3.8, 4) is 0 Å². The average molecular weight is 343 g/mol. The second-order valence-corrected chi connectivity index (χ2v) is 10.7. The Bertz CT molecular complexity index is 317. The minimum atomic E-state index is 0.713. The highest BCUT2D eigenvalue weighted by Gasteiger charge is 2.56. The molecule has 4 aliphatic carbocycles. The molecule has 4 heteroatoms. The number of rotatable bonds is 10. The van der Waals surface area contributed by atoms with Crippen LogP contribution >= 0.6 is 23.5 Å². The molecule has 0 atom stereocenters. The monoisotopic (exact) mass is 342 g/mol. The van der Waals surface area contributed by atoms with Crippen molar-refractivity contribution in [2.24, 2.45) is 34.1 Å². The van der Waals surface area contributed by atoms with Gasteiger partial charge in [0, 0.05) is 24.6 Å². The highest BCUT2D eigenvalue weighted by Crippen LogP contribution is 2.67. The van der Waals surface area contributed by atoms with Crippen molar-refractivity contribution in [2.45, 2.75) is 51.4 Å². The van der Waals surface area contributed by atoms with E-state index in [0.29, 0.717) is 10.8 Å². The van der Waals surface area contributed by atoms with Crippen molar-refractivity contribution in [3.63, 3.8) is 0 Å². The predicted octanol–water partition coefficient (Wildman–Crippen LogP) is 3.74. The smallest absolute Gasteiger partial charge is 0.00558 e. The molecule has 0 aromatic heterocycles. The first-order valence-corrected chi connectivity index (χ1v) is 11.6. The maximum Gasteiger partial charge on any atom is 0.00558 e. The number of thioether (sulfide) groups is 2. The maximum atomic E-state index is 5.64. The van der Waals surface area contributed by atoms with Crippen molar-refractivity contribution in [1.29, 1.82) is 0 Å². The molecule has 4 bridgehead atoms. The van der Waals surface area contributed by atoms with Crippen molar-refractivity contribution in [3.05, 3.63) is 0 Å². The second-order valence-electron chi connectivity index (χ2n) is 8.26. The lowest BCUT2D eigenvalue weighted by Crippen LogP contribution is -2.52. The summed E-state index contributed by atoms with van der Waals surface area (Å²) in [6.07, 6.45) is 12.2. The number of hydrogen-bond donors (Lipinski definition) is 2. The van der Waals surface area contributed by atoms with Crippen LogP contribution in [0.5, 0.6) is 0 Å². The molecule has 0 saturated heterocycles. The molecule has 0 aliphatic heterocycles. The van der Waals surface area contributed by atoms with Crippen LogP contribution in [0.3, 0.4) is 0 Å². The molecule has 4 aliphatic rings. The van der Waals surface area contributed by atoms with Crippen molar-refractivity contribution >= 4 is 23.5 Å². The summed E-state index contributed by atoms with van der Waals surface area (Å²) in [4.78, 5) is 0. The third-order valence-corrected chi connectivity index (χ3v) is 8.42. The van der Waals surface area contributed by atoms with Crippen LogP contribution in [0.15, 0.2) is 0 Å². The van der Waals surface area contributed by atoms with Gasteiger partial charge in [-0.05, 0) is 85.5 Å². The van der Waals surface area contributed by atoms with E-state index in [-0.39, 0.29) is 0 Å². The molecular weight excluding hydrogens is 308 g/mol. The highest BCUT2D eigenvalue weighted by molar-refractivity contribution is 7.99. The van der Waals surface area contributed by atoms with Crippen LogP contribution in [-0.2, 0) is 0 Å². The van der Waals surface area contributed by atoms with Gasteiger partial charge >= 0.3 is 0 Å². The topological polar surface area (TPSA) is 52.0 Å². The van der Waals surface area contributed by atoms with Gasteiger partial charge in [-0.1, -0.05) is 0 Å². The summed E-state index contributed by atoms with van der Waals surface area (Å²) in [5, 5.41) is 0. The van der Waals surface area contributed by atoms with Crippen molar-refractivity contribution in [2.75, 3.05) is 36.1 Å². The summed E-state index contributed by atoms with van der Waals surface area (Å²) >= 11 is 4.17. The van der Waals surface area contributed by atoms with E-state index in [0.717, 1.165) is 36.4 Å². The lowest BCUT2D eigenvalue weighted by atomic mass is 9.43. The molecule has 0 heterocycles. The molecule has 4 rings (SSSR count). The van der Waals surface area contributed by atoms with Crippen LogP contribution in [-0.4, -0.2) is 36.1 Å². The molecule has 4 N–H and O–H groups in total. The molecule has 2 nitrogen and oxygen atoms in total. The van der Waals surface area contributed by atoms with Crippen LogP contribution in [0.1, 0.15) is 51.4 Å². The predicted molar refractivity (Wildman–Crippen MR) is 102 cm³/mol. The standard InChI is InChI=1S/C18H34N2S2/c19-3-7-21-5-1-17-10-15-9-16(11-17)13-18(12-15,14-17)2-6-22-8-4-20/h15-16H,1-14,19-20H2. The molecule has 0 aromatic rings. The van der Waals surface area contributed by atoms with Gasteiger partial charge in [0.15, 0.2) is 0 Å². The second kappa shape index (κ2) is 7.67. The van der Waals surface area contributed by atoms with Crippen LogP contribution in [0.2, 0.25) is 0 Å². The first-order valence-electron chi connectivity index (χ1n) is 9.25. The molecule has 0 aromatic carbocycles.